The van der Waals surface area contributed by atoms with Crippen molar-refractivity contribution in [3.63, 3.8) is 0 Å². The van der Waals surface area contributed by atoms with Crippen LogP contribution in [0, 0.1) is 5.92 Å². The number of carbonyl (C=O) groups excluding carboxylic acids is 3. The zero-order chi connectivity index (χ0) is 26.8. The molecule has 9 nitrogen and oxygen atoms in total. The van der Waals surface area contributed by atoms with E-state index in [1.165, 1.54) is 4.90 Å². The van der Waals surface area contributed by atoms with Gasteiger partial charge in [-0.25, -0.2) is 0 Å². The number of nitrogens with zero attached hydrogens (tertiary/aromatic N) is 1. The lowest BCUT2D eigenvalue weighted by Gasteiger charge is -2.36. The molecule has 0 radical (unpaired) electrons. The molecule has 196 valence electrons. The molecule has 9 heteroatoms. The number of carboxylic acid groups (broad SMARTS) is 1. The van der Waals surface area contributed by atoms with Crippen molar-refractivity contribution in [1.82, 2.24) is 4.90 Å². The van der Waals surface area contributed by atoms with Crippen molar-refractivity contribution in [2.75, 3.05) is 6.79 Å². The van der Waals surface area contributed by atoms with E-state index in [0.717, 1.165) is 28.2 Å². The Hall–Kier alpha value is -4.40. The summed E-state index contributed by atoms with van der Waals surface area (Å²) in [6.07, 6.45) is -0.921. The van der Waals surface area contributed by atoms with Crippen molar-refractivity contribution in [1.29, 1.82) is 0 Å². The van der Waals surface area contributed by atoms with Gasteiger partial charge in [-0.15, -0.1) is 0 Å². The van der Waals surface area contributed by atoms with Crippen molar-refractivity contribution in [2.45, 2.75) is 44.4 Å². The Morgan fingerprint density at radius 1 is 1.05 bits per heavy atom. The first-order valence-electron chi connectivity index (χ1n) is 12.4. The highest BCUT2D eigenvalue weighted by molar-refractivity contribution is 5.94. The van der Waals surface area contributed by atoms with Gasteiger partial charge < -0.3 is 29.0 Å². The number of benzene rings is 3. The van der Waals surface area contributed by atoms with Crippen LogP contribution in [0.2, 0.25) is 0 Å². The van der Waals surface area contributed by atoms with Crippen LogP contribution >= 0.6 is 0 Å². The molecule has 3 aromatic rings. The van der Waals surface area contributed by atoms with E-state index in [-0.39, 0.29) is 26.2 Å². The minimum absolute atomic E-state index is 0.100. The van der Waals surface area contributed by atoms with E-state index in [9.17, 15) is 24.3 Å². The van der Waals surface area contributed by atoms with Gasteiger partial charge in [0.05, 0.1) is 6.42 Å². The minimum Gasteiger partial charge on any atom is -0.481 e. The third-order valence-corrected chi connectivity index (χ3v) is 7.27. The first-order valence-corrected chi connectivity index (χ1v) is 12.4. The summed E-state index contributed by atoms with van der Waals surface area (Å²) in [5.74, 6) is -3.18. The molecule has 0 aromatic heterocycles. The fourth-order valence-corrected chi connectivity index (χ4v) is 5.19. The van der Waals surface area contributed by atoms with E-state index in [2.05, 4.69) is 0 Å². The third-order valence-electron chi connectivity index (χ3n) is 7.27. The molecule has 1 saturated heterocycles. The van der Waals surface area contributed by atoms with Crippen LogP contribution < -0.4 is 9.47 Å². The van der Waals surface area contributed by atoms with E-state index in [4.69, 9.17) is 14.2 Å². The topological polar surface area (TPSA) is 119 Å². The minimum atomic E-state index is -1.45. The molecule has 2 aliphatic heterocycles. The van der Waals surface area contributed by atoms with Gasteiger partial charge in [0, 0.05) is 24.9 Å². The molecular weight excluding hydrogens is 490 g/mol. The van der Waals surface area contributed by atoms with Crippen molar-refractivity contribution in [2.24, 2.45) is 5.92 Å². The summed E-state index contributed by atoms with van der Waals surface area (Å²) in [7, 11) is 0. The van der Waals surface area contributed by atoms with Gasteiger partial charge in [0.15, 0.2) is 17.6 Å². The van der Waals surface area contributed by atoms with Gasteiger partial charge in [0.25, 0.3) is 5.91 Å². The number of carboxylic acids is 1. The van der Waals surface area contributed by atoms with Crippen molar-refractivity contribution >= 4 is 34.9 Å². The molecule has 2 heterocycles. The first-order chi connectivity index (χ1) is 18.4. The van der Waals surface area contributed by atoms with Gasteiger partial charge in [-0.2, -0.15) is 0 Å². The Balaban J connectivity index is 1.52. The molecule has 0 unspecified atom stereocenters. The maximum absolute atomic E-state index is 13.9. The second-order valence-corrected chi connectivity index (χ2v) is 9.57. The zero-order valence-electron chi connectivity index (χ0n) is 20.7. The summed E-state index contributed by atoms with van der Waals surface area (Å²) in [6.45, 7) is 2.04. The molecule has 2 aliphatic rings. The SMILES string of the molecule is C[C@H]([C@H](CC=O)c1ccc2c(c1)OCO2)N(Cc1ccc2ccccc2c1)C(=O)[C@H]1OC(=O)C[C@@H]1C(=O)O. The zero-order valence-corrected chi connectivity index (χ0v) is 20.7. The first kappa shape index (κ1) is 25.3. The van der Waals surface area contributed by atoms with Gasteiger partial charge in [-0.3, -0.25) is 14.4 Å². The van der Waals surface area contributed by atoms with Crippen LogP contribution in [0.3, 0.4) is 0 Å². The maximum Gasteiger partial charge on any atom is 0.311 e. The predicted molar refractivity (Wildman–Crippen MR) is 136 cm³/mol. The molecule has 0 saturated carbocycles. The molecule has 0 bridgehead atoms. The smallest absolute Gasteiger partial charge is 0.311 e. The number of rotatable bonds is 9. The number of cyclic esters (lactones) is 1. The lowest BCUT2D eigenvalue weighted by atomic mass is 9.87. The molecule has 0 aliphatic carbocycles. The second-order valence-electron chi connectivity index (χ2n) is 9.57. The van der Waals surface area contributed by atoms with Crippen molar-refractivity contribution < 1.29 is 38.5 Å². The van der Waals surface area contributed by atoms with E-state index in [1.54, 1.807) is 12.1 Å². The average Bonchev–Trinajstić information content (AvgIpc) is 3.55. The monoisotopic (exact) mass is 517 g/mol. The van der Waals surface area contributed by atoms with E-state index in [1.807, 2.05) is 55.5 Å². The number of ether oxygens (including phenoxy) is 3. The van der Waals surface area contributed by atoms with Crippen LogP contribution in [0.1, 0.15) is 36.8 Å². The average molecular weight is 518 g/mol. The number of amides is 1. The Morgan fingerprint density at radius 2 is 1.82 bits per heavy atom. The van der Waals surface area contributed by atoms with E-state index in [0.29, 0.717) is 11.5 Å². The third kappa shape index (κ3) is 4.91. The van der Waals surface area contributed by atoms with Crippen LogP contribution in [0.5, 0.6) is 11.5 Å². The molecule has 5 rings (SSSR count). The van der Waals surface area contributed by atoms with E-state index < -0.39 is 41.8 Å². The fourth-order valence-electron chi connectivity index (χ4n) is 5.19. The Kier molecular flexibility index (Phi) is 7.00. The lowest BCUT2D eigenvalue weighted by Crippen LogP contribution is -2.49. The second kappa shape index (κ2) is 10.5. The molecular formula is C29H27NO8. The highest BCUT2D eigenvalue weighted by atomic mass is 16.7. The molecule has 1 N–H and O–H groups in total. The number of carbonyl (C=O) groups is 4. The molecule has 1 fully saturated rings. The number of hydrogen-bond acceptors (Lipinski definition) is 7. The van der Waals surface area contributed by atoms with Crippen LogP contribution in [0.25, 0.3) is 10.8 Å². The number of hydrogen-bond donors (Lipinski definition) is 1. The molecule has 4 atom stereocenters. The summed E-state index contributed by atoms with van der Waals surface area (Å²) in [5.41, 5.74) is 1.58. The van der Waals surface area contributed by atoms with Gasteiger partial charge in [-0.1, -0.05) is 42.5 Å². The Morgan fingerprint density at radius 3 is 2.58 bits per heavy atom. The number of esters is 1. The fraction of sp³-hybridized carbons (Fsp3) is 0.310. The van der Waals surface area contributed by atoms with Gasteiger partial charge in [-0.05, 0) is 47.0 Å². The quantitative estimate of drug-likeness (QED) is 0.337. The summed E-state index contributed by atoms with van der Waals surface area (Å²) < 4.78 is 16.1. The summed E-state index contributed by atoms with van der Waals surface area (Å²) in [6, 6.07) is 18.5. The predicted octanol–water partition coefficient (Wildman–Crippen LogP) is 3.67. The molecule has 38 heavy (non-hydrogen) atoms. The molecule has 3 aromatic carbocycles. The van der Waals surface area contributed by atoms with Gasteiger partial charge in [0.1, 0.15) is 12.2 Å². The van der Waals surface area contributed by atoms with Crippen LogP contribution in [0.4, 0.5) is 0 Å². The number of fused-ring (bicyclic) bond motifs is 2. The van der Waals surface area contributed by atoms with Crippen molar-refractivity contribution in [3.8, 4) is 11.5 Å². The molecule has 0 spiro atoms. The van der Waals surface area contributed by atoms with Crippen molar-refractivity contribution in [3.05, 3.63) is 71.8 Å². The highest BCUT2D eigenvalue weighted by Gasteiger charge is 2.47. The summed E-state index contributed by atoms with van der Waals surface area (Å²) in [4.78, 5) is 51.0. The Bertz CT molecular complexity index is 1400. The van der Waals surface area contributed by atoms with E-state index >= 15 is 0 Å². The largest absolute Gasteiger partial charge is 0.481 e. The van der Waals surface area contributed by atoms with Gasteiger partial charge >= 0.3 is 11.9 Å². The normalized spacial score (nSPS) is 19.6. The summed E-state index contributed by atoms with van der Waals surface area (Å²) in [5, 5.41) is 11.7. The van der Waals surface area contributed by atoms with Gasteiger partial charge in [0.2, 0.25) is 6.79 Å². The highest BCUT2D eigenvalue weighted by Crippen LogP contribution is 2.38. The Labute approximate surface area is 218 Å². The lowest BCUT2D eigenvalue weighted by molar-refractivity contribution is -0.159. The summed E-state index contributed by atoms with van der Waals surface area (Å²) >= 11 is 0. The van der Waals surface area contributed by atoms with Crippen LogP contribution in [0.15, 0.2) is 60.7 Å². The molecule has 1 amide bonds. The van der Waals surface area contributed by atoms with Crippen LogP contribution in [-0.2, 0) is 30.5 Å². The maximum atomic E-state index is 13.9. The standard InChI is InChI=1S/C29H27NO8/c1-17(22(10-11-31)21-8-9-24-25(13-21)37-16-36-24)30(28(33)27-23(29(34)35)14-26(32)38-27)15-18-6-7-19-4-2-3-5-20(19)12-18/h2-9,11-13,17,22-23,27H,10,14-16H2,1H3,(H,34,35)/t17-,22+,23+,27+/m1/s1. The number of aliphatic carboxylic acids is 1. The van der Waals surface area contributed by atoms with Crippen LogP contribution in [-0.4, -0.2) is 53.1 Å². The number of aldehydes is 1.